The van der Waals surface area contributed by atoms with E-state index in [0.717, 1.165) is 4.90 Å². The Balaban J connectivity index is 2.16. The summed E-state index contributed by atoms with van der Waals surface area (Å²) in [4.78, 5) is 129. The predicted octanol–water partition coefficient (Wildman–Crippen LogP) is -6.53. The van der Waals surface area contributed by atoms with Crippen molar-refractivity contribution >= 4 is 65.1 Å². The van der Waals surface area contributed by atoms with Crippen LogP contribution in [0.25, 0.3) is 0 Å². The summed E-state index contributed by atoms with van der Waals surface area (Å²) in [5.41, 5.74) is 27.6. The number of aliphatic hydroxyl groups is 2. The van der Waals surface area contributed by atoms with Gasteiger partial charge in [0, 0.05) is 26.2 Å². The van der Waals surface area contributed by atoms with Crippen molar-refractivity contribution in [3.05, 3.63) is 0 Å². The van der Waals surface area contributed by atoms with Gasteiger partial charge in [0.1, 0.15) is 48.3 Å². The number of aliphatic carboxylic acids is 1. The zero-order valence-corrected chi connectivity index (χ0v) is 38.7. The summed E-state index contributed by atoms with van der Waals surface area (Å²) in [7, 11) is 0. The molecule has 27 nitrogen and oxygen atoms in total. The Morgan fingerprint density at radius 1 is 0.612 bits per heavy atom. The lowest BCUT2D eigenvalue weighted by Gasteiger charge is -2.32. The minimum absolute atomic E-state index is 0.00679. The smallest absolute Gasteiger partial charge is 0.326 e. The fraction of sp³-hybridized carbons (Fsp3) is 0.725. The van der Waals surface area contributed by atoms with Gasteiger partial charge in [0.05, 0.1) is 18.8 Å². The van der Waals surface area contributed by atoms with Gasteiger partial charge in [-0.15, -0.1) is 0 Å². The lowest BCUT2D eigenvalue weighted by Crippen LogP contribution is -2.62. The number of likely N-dealkylation sites (tertiary alicyclic amines) is 2. The van der Waals surface area contributed by atoms with Gasteiger partial charge in [-0.25, -0.2) is 4.79 Å². The minimum Gasteiger partial charge on any atom is -0.480 e. The van der Waals surface area contributed by atoms with Gasteiger partial charge in [0.15, 0.2) is 11.9 Å². The topological polar surface area (TPSA) is 448 Å². The van der Waals surface area contributed by atoms with Gasteiger partial charge >= 0.3 is 5.97 Å². The predicted molar refractivity (Wildman–Crippen MR) is 241 cm³/mol. The summed E-state index contributed by atoms with van der Waals surface area (Å²) in [6, 6.07) is -11.4. The zero-order chi connectivity index (χ0) is 50.7. The van der Waals surface area contributed by atoms with Crippen LogP contribution >= 0.6 is 0 Å². The van der Waals surface area contributed by atoms with Crippen LogP contribution in [0.5, 0.6) is 0 Å². The molecule has 2 saturated heterocycles. The van der Waals surface area contributed by atoms with E-state index >= 15 is 0 Å². The highest BCUT2D eigenvalue weighted by Gasteiger charge is 2.42. The van der Waals surface area contributed by atoms with Crippen molar-refractivity contribution in [3.63, 3.8) is 0 Å². The number of carbonyl (C=O) groups excluding carboxylic acids is 8. The lowest BCUT2D eigenvalue weighted by molar-refractivity contribution is -0.145. The molecule has 27 heteroatoms. The molecule has 19 N–H and O–H groups in total. The summed E-state index contributed by atoms with van der Waals surface area (Å²) in [5.74, 6) is -8.41. The number of rotatable bonds is 26. The number of hydrogen-bond acceptors (Lipinski definition) is 14. The first-order chi connectivity index (χ1) is 31.4. The van der Waals surface area contributed by atoms with Crippen molar-refractivity contribution in [2.24, 2.45) is 44.6 Å². The van der Waals surface area contributed by atoms with E-state index in [1.54, 1.807) is 13.8 Å². The molecule has 2 rings (SSSR count). The first-order valence-electron chi connectivity index (χ1n) is 22.2. The van der Waals surface area contributed by atoms with Crippen LogP contribution < -0.4 is 60.6 Å². The Morgan fingerprint density at radius 3 is 1.51 bits per heavy atom. The van der Waals surface area contributed by atoms with Crippen LogP contribution in [0.3, 0.4) is 0 Å². The molecule has 0 bridgehead atoms. The second kappa shape index (κ2) is 27.3. The van der Waals surface area contributed by atoms with Crippen LogP contribution in [0.4, 0.5) is 0 Å². The average molecular weight is 954 g/mol. The van der Waals surface area contributed by atoms with Crippen LogP contribution in [-0.4, -0.2) is 184 Å². The van der Waals surface area contributed by atoms with Crippen molar-refractivity contribution in [3.8, 4) is 0 Å². The van der Waals surface area contributed by atoms with E-state index in [4.69, 9.17) is 28.7 Å². The fourth-order valence-electron chi connectivity index (χ4n) is 7.36. The van der Waals surface area contributed by atoms with Crippen LogP contribution in [0.15, 0.2) is 9.98 Å². The number of nitrogens with one attached hydrogen (secondary N) is 6. The van der Waals surface area contributed by atoms with Gasteiger partial charge in [0.2, 0.25) is 47.3 Å². The van der Waals surface area contributed by atoms with Crippen LogP contribution in [0.2, 0.25) is 0 Å². The third-order valence-corrected chi connectivity index (χ3v) is 11.1. The zero-order valence-electron chi connectivity index (χ0n) is 38.7. The SMILES string of the molecule is CC(C)[C@H](NC(=O)[C@H](C)NC(=O)[C@H](C)NC(=O)[C@H](CCCN=C(N)N)NC(=O)[C@@H]1CCCN1C(=O)[C@@H](NC(=O)[C@H](CO)NC(=O)[C@@H]1CCCN1C(=O)[C@@H](N)CCCN=C(N)N)[C@@H](C)O)C(=O)O. The first kappa shape index (κ1) is 56.8. The number of carbonyl (C=O) groups is 9. The molecular formula is C40H71N15O12. The normalized spacial score (nSPS) is 19.2. The number of carboxylic acids is 1. The number of hydrogen-bond donors (Lipinski definition) is 14. The molecule has 2 heterocycles. The van der Waals surface area contributed by atoms with E-state index in [1.165, 1.54) is 25.7 Å². The second-order valence-electron chi connectivity index (χ2n) is 16.9. The summed E-state index contributed by atoms with van der Waals surface area (Å²) in [5, 5.41) is 44.9. The van der Waals surface area contributed by atoms with Gasteiger partial charge < -0.3 is 85.7 Å². The molecule has 0 aromatic heterocycles. The van der Waals surface area contributed by atoms with Crippen LogP contribution in [-0.2, 0) is 43.2 Å². The number of guanidine groups is 2. The molecule has 2 fully saturated rings. The van der Waals surface area contributed by atoms with Gasteiger partial charge in [-0.2, -0.15) is 0 Å². The van der Waals surface area contributed by atoms with Crippen molar-refractivity contribution in [2.75, 3.05) is 32.8 Å². The summed E-state index contributed by atoms with van der Waals surface area (Å²) >= 11 is 0. The Labute approximate surface area is 388 Å². The molecule has 0 aliphatic carbocycles. The second-order valence-corrected chi connectivity index (χ2v) is 16.9. The highest BCUT2D eigenvalue weighted by Crippen LogP contribution is 2.21. The number of aliphatic hydroxyl groups excluding tert-OH is 2. The van der Waals surface area contributed by atoms with E-state index in [9.17, 15) is 58.5 Å². The molecule has 0 unspecified atom stereocenters. The Morgan fingerprint density at radius 2 is 1.04 bits per heavy atom. The van der Waals surface area contributed by atoms with Crippen molar-refractivity contribution in [1.29, 1.82) is 0 Å². The standard InChI is InChI=1S/C40H71N15O12/c1-19(2)28(38(66)67)52-31(59)21(4)48-30(58)20(3)49-32(60)24(11-7-15-47-40(44)45)50-34(62)27-13-9-17-55(27)37(65)29(22(5)57)53-33(61)25(18-56)51-35(63)26-12-8-16-54(26)36(64)23(41)10-6-14-46-39(42)43/h19-29,56-57H,6-18,41H2,1-5H3,(H,48,58)(H,49,60)(H,50,62)(H,51,63)(H,52,59)(H,53,61)(H,66,67)(H4,42,43,46)(H4,44,45,47)/t20-,21-,22+,23-,24-,25-,26-,27-,28-,29-/m0/s1. The third-order valence-electron chi connectivity index (χ3n) is 11.1. The van der Waals surface area contributed by atoms with E-state index in [-0.39, 0.29) is 70.2 Å². The first-order valence-corrected chi connectivity index (χ1v) is 22.2. The van der Waals surface area contributed by atoms with Crippen molar-refractivity contribution < 1.29 is 58.5 Å². The number of nitrogens with zero attached hydrogens (tertiary/aromatic N) is 4. The van der Waals surface area contributed by atoms with Crippen molar-refractivity contribution in [1.82, 2.24) is 41.7 Å². The minimum atomic E-state index is -1.67. The molecule has 378 valence electrons. The maximum absolute atomic E-state index is 14.0. The fourth-order valence-corrected chi connectivity index (χ4v) is 7.36. The quantitative estimate of drug-likeness (QED) is 0.0218. The number of aliphatic imine (C=N–C) groups is 2. The maximum Gasteiger partial charge on any atom is 0.326 e. The summed E-state index contributed by atoms with van der Waals surface area (Å²) in [6.07, 6.45) is 0.344. The van der Waals surface area contributed by atoms with Gasteiger partial charge in [-0.3, -0.25) is 48.3 Å². The molecule has 67 heavy (non-hydrogen) atoms. The molecule has 8 amide bonds. The Hall–Kier alpha value is -6.35. The largest absolute Gasteiger partial charge is 0.480 e. The van der Waals surface area contributed by atoms with E-state index in [2.05, 4.69) is 41.9 Å². The molecule has 2 aliphatic heterocycles. The number of nitrogens with two attached hydrogens (primary N) is 5. The van der Waals surface area contributed by atoms with Crippen molar-refractivity contribution in [2.45, 2.75) is 146 Å². The van der Waals surface area contributed by atoms with Gasteiger partial charge in [-0.1, -0.05) is 13.8 Å². The van der Waals surface area contributed by atoms with E-state index < -0.39 is 126 Å². The van der Waals surface area contributed by atoms with Gasteiger partial charge in [-0.05, 0) is 78.1 Å². The monoisotopic (exact) mass is 954 g/mol. The number of carboxylic acid groups (broad SMARTS) is 1. The number of amides is 8. The summed E-state index contributed by atoms with van der Waals surface area (Å²) < 4.78 is 0. The molecule has 0 spiro atoms. The molecule has 0 saturated carbocycles. The molecule has 0 aromatic rings. The van der Waals surface area contributed by atoms with Crippen LogP contribution in [0, 0.1) is 5.92 Å². The molecular weight excluding hydrogens is 883 g/mol. The van der Waals surface area contributed by atoms with E-state index in [0.29, 0.717) is 19.3 Å². The highest BCUT2D eigenvalue weighted by molar-refractivity contribution is 5.98. The average Bonchev–Trinajstić information content (AvgIpc) is 3.96. The highest BCUT2D eigenvalue weighted by atomic mass is 16.4. The molecule has 2 aliphatic rings. The molecule has 0 radical (unpaired) electrons. The van der Waals surface area contributed by atoms with Crippen LogP contribution in [0.1, 0.15) is 86.0 Å². The Kier molecular flexibility index (Phi) is 23.2. The maximum atomic E-state index is 14.0. The molecule has 0 aromatic carbocycles. The third kappa shape index (κ3) is 17.8. The summed E-state index contributed by atoms with van der Waals surface area (Å²) in [6.45, 7) is 6.66. The lowest BCUT2D eigenvalue weighted by atomic mass is 10.0. The molecule has 10 atom stereocenters. The Bertz CT molecular complexity index is 1820. The van der Waals surface area contributed by atoms with Gasteiger partial charge in [0.25, 0.3) is 0 Å². The van der Waals surface area contributed by atoms with E-state index in [1.807, 2.05) is 0 Å².